The van der Waals surface area contributed by atoms with Crippen LogP contribution in [-0.4, -0.2) is 54.2 Å². The van der Waals surface area contributed by atoms with Crippen molar-refractivity contribution in [3.8, 4) is 0 Å². The van der Waals surface area contributed by atoms with Crippen molar-refractivity contribution < 1.29 is 18.8 Å². The number of benzene rings is 2. The second kappa shape index (κ2) is 11.3. The van der Waals surface area contributed by atoms with Gasteiger partial charge in [0.2, 0.25) is 5.91 Å². The summed E-state index contributed by atoms with van der Waals surface area (Å²) in [5, 5.41) is 0.531. The molecule has 4 rings (SSSR count). The number of aldehydes is 1. The lowest BCUT2D eigenvalue weighted by Crippen LogP contribution is -2.50. The van der Waals surface area contributed by atoms with Gasteiger partial charge in [-0.1, -0.05) is 17.7 Å². The van der Waals surface area contributed by atoms with Gasteiger partial charge in [0.25, 0.3) is 5.91 Å². The second-order valence-electron chi connectivity index (χ2n) is 8.64. The summed E-state index contributed by atoms with van der Waals surface area (Å²) in [5.41, 5.74) is 1.83. The van der Waals surface area contributed by atoms with Gasteiger partial charge in [-0.3, -0.25) is 9.59 Å². The van der Waals surface area contributed by atoms with Crippen LogP contribution >= 0.6 is 11.6 Å². The van der Waals surface area contributed by atoms with E-state index in [1.807, 2.05) is 12.1 Å². The molecule has 2 aromatic carbocycles. The second-order valence-corrected chi connectivity index (χ2v) is 9.07. The van der Waals surface area contributed by atoms with Gasteiger partial charge in [0.15, 0.2) is 0 Å². The summed E-state index contributed by atoms with van der Waals surface area (Å²) in [4.78, 5) is 46.4. The Morgan fingerprint density at radius 1 is 1.03 bits per heavy atom. The number of hydrogen-bond acceptors (Lipinski definition) is 5. The van der Waals surface area contributed by atoms with Crippen molar-refractivity contribution in [3.05, 3.63) is 88.8 Å². The summed E-state index contributed by atoms with van der Waals surface area (Å²) in [6.07, 6.45) is 2.38. The summed E-state index contributed by atoms with van der Waals surface area (Å²) in [6, 6.07) is 16.2. The molecule has 2 heterocycles. The van der Waals surface area contributed by atoms with E-state index in [9.17, 15) is 18.8 Å². The van der Waals surface area contributed by atoms with Crippen LogP contribution in [0.15, 0.2) is 66.9 Å². The number of rotatable bonds is 7. The van der Waals surface area contributed by atoms with E-state index in [1.54, 1.807) is 59.3 Å². The Morgan fingerprint density at radius 2 is 1.69 bits per heavy atom. The summed E-state index contributed by atoms with van der Waals surface area (Å²) >= 11 is 5.97. The van der Waals surface area contributed by atoms with Gasteiger partial charge in [-0.15, -0.1) is 0 Å². The van der Waals surface area contributed by atoms with Crippen LogP contribution in [0.4, 0.5) is 15.9 Å². The van der Waals surface area contributed by atoms with E-state index < -0.39 is 5.92 Å². The van der Waals surface area contributed by atoms with Gasteiger partial charge < -0.3 is 19.5 Å². The van der Waals surface area contributed by atoms with Crippen LogP contribution in [0.3, 0.4) is 0 Å². The lowest BCUT2D eigenvalue weighted by molar-refractivity contribution is -0.137. The van der Waals surface area contributed by atoms with E-state index in [1.165, 1.54) is 12.1 Å². The lowest BCUT2D eigenvalue weighted by atomic mass is 10.1. The van der Waals surface area contributed by atoms with Crippen molar-refractivity contribution in [1.29, 1.82) is 0 Å². The van der Waals surface area contributed by atoms with Crippen LogP contribution in [0, 0.1) is 11.7 Å². The van der Waals surface area contributed by atoms with Gasteiger partial charge >= 0.3 is 0 Å². The first-order chi connectivity index (χ1) is 17.4. The van der Waals surface area contributed by atoms with E-state index in [0.717, 1.165) is 11.4 Å². The Morgan fingerprint density at radius 3 is 2.28 bits per heavy atom. The first-order valence-corrected chi connectivity index (χ1v) is 12.0. The molecule has 1 atom stereocenters. The fourth-order valence-electron chi connectivity index (χ4n) is 4.03. The minimum atomic E-state index is -0.631. The summed E-state index contributed by atoms with van der Waals surface area (Å²) < 4.78 is 13.5. The van der Waals surface area contributed by atoms with Crippen LogP contribution in [0.5, 0.6) is 0 Å². The van der Waals surface area contributed by atoms with Crippen LogP contribution in [0.1, 0.15) is 22.8 Å². The zero-order valence-corrected chi connectivity index (χ0v) is 20.6. The molecule has 1 aliphatic rings. The number of carbonyl (C=O) groups is 3. The van der Waals surface area contributed by atoms with E-state index in [0.29, 0.717) is 48.7 Å². The average molecular weight is 509 g/mol. The molecule has 3 aromatic rings. The molecule has 1 fully saturated rings. The van der Waals surface area contributed by atoms with E-state index in [4.69, 9.17) is 11.6 Å². The van der Waals surface area contributed by atoms with Gasteiger partial charge in [0, 0.05) is 48.6 Å². The maximum absolute atomic E-state index is 13.5. The number of halogens is 2. The Kier molecular flexibility index (Phi) is 7.95. The molecule has 0 radical (unpaired) electrons. The highest BCUT2D eigenvalue weighted by atomic mass is 35.5. The van der Waals surface area contributed by atoms with E-state index >= 15 is 0 Å². The topological polar surface area (TPSA) is 73.8 Å². The largest absolute Gasteiger partial charge is 0.353 e. The zero-order valence-electron chi connectivity index (χ0n) is 19.8. The molecule has 1 aliphatic heterocycles. The fraction of sp³-hybridized carbons (Fsp3) is 0.259. The Bertz CT molecular complexity index is 1210. The van der Waals surface area contributed by atoms with E-state index in [-0.39, 0.29) is 24.2 Å². The van der Waals surface area contributed by atoms with Gasteiger partial charge in [0.05, 0.1) is 12.5 Å². The number of pyridine rings is 1. The van der Waals surface area contributed by atoms with Crippen molar-refractivity contribution in [2.45, 2.75) is 13.5 Å². The predicted molar refractivity (Wildman–Crippen MR) is 137 cm³/mol. The summed E-state index contributed by atoms with van der Waals surface area (Å²) in [5.74, 6) is -0.641. The van der Waals surface area contributed by atoms with Crippen molar-refractivity contribution >= 4 is 41.2 Å². The molecule has 1 saturated heterocycles. The summed E-state index contributed by atoms with van der Waals surface area (Å²) in [7, 11) is 0. The Labute approximate surface area is 214 Å². The van der Waals surface area contributed by atoms with Gasteiger partial charge in [-0.2, -0.15) is 0 Å². The van der Waals surface area contributed by atoms with Crippen molar-refractivity contribution in [2.75, 3.05) is 36.0 Å². The number of piperazine rings is 1. The number of amides is 2. The van der Waals surface area contributed by atoms with Crippen LogP contribution in [0.2, 0.25) is 5.02 Å². The molecule has 2 amide bonds. The number of aromatic nitrogens is 1. The van der Waals surface area contributed by atoms with Gasteiger partial charge in [-0.05, 0) is 67.1 Å². The quantitative estimate of drug-likeness (QED) is 0.353. The molecule has 0 aliphatic carbocycles. The highest BCUT2D eigenvalue weighted by Crippen LogP contribution is 2.23. The van der Waals surface area contributed by atoms with Crippen molar-refractivity contribution in [3.63, 3.8) is 0 Å². The molecule has 186 valence electrons. The molecule has 0 N–H and O–H groups in total. The third-order valence-electron chi connectivity index (χ3n) is 6.13. The van der Waals surface area contributed by atoms with Crippen molar-refractivity contribution in [2.24, 2.45) is 5.92 Å². The van der Waals surface area contributed by atoms with Crippen LogP contribution in [0.25, 0.3) is 0 Å². The Hall–Kier alpha value is -3.78. The molecule has 0 spiro atoms. The number of carbonyl (C=O) groups excluding carboxylic acids is 3. The predicted octanol–water partition coefficient (Wildman–Crippen LogP) is 4.20. The average Bonchev–Trinajstić information content (AvgIpc) is 2.92. The van der Waals surface area contributed by atoms with E-state index in [2.05, 4.69) is 9.88 Å². The monoisotopic (exact) mass is 508 g/mol. The smallest absolute Gasteiger partial charge is 0.258 e. The SMILES string of the molecule is C[C@H](C=O)C(=O)N1CCN(c2ccc(CN(C(=O)c3ccc(Cl)cc3)c3ccc(F)cc3)cn2)CC1. The number of anilines is 2. The first-order valence-electron chi connectivity index (χ1n) is 11.6. The fourth-order valence-corrected chi connectivity index (χ4v) is 4.16. The Balaban J connectivity index is 1.47. The lowest BCUT2D eigenvalue weighted by Gasteiger charge is -2.36. The van der Waals surface area contributed by atoms with Crippen molar-refractivity contribution in [1.82, 2.24) is 9.88 Å². The standard InChI is InChI=1S/C27H26ClFN4O3/c1-19(18-34)26(35)32-14-12-31(13-15-32)25-11-2-20(16-30-25)17-33(24-9-7-23(29)8-10-24)27(36)21-3-5-22(28)6-4-21/h2-11,16,18-19H,12-15,17H2,1H3/t19-/m1/s1. The molecular weight excluding hydrogens is 483 g/mol. The maximum atomic E-state index is 13.5. The van der Waals surface area contributed by atoms with Crippen LogP contribution in [-0.2, 0) is 16.1 Å². The molecule has 0 unspecified atom stereocenters. The number of hydrogen-bond donors (Lipinski definition) is 0. The summed E-state index contributed by atoms with van der Waals surface area (Å²) in [6.45, 7) is 4.12. The molecular formula is C27H26ClFN4O3. The molecule has 0 bridgehead atoms. The normalized spacial score (nSPS) is 14.3. The molecule has 9 heteroatoms. The molecule has 36 heavy (non-hydrogen) atoms. The minimum Gasteiger partial charge on any atom is -0.353 e. The molecule has 7 nitrogen and oxygen atoms in total. The highest BCUT2D eigenvalue weighted by Gasteiger charge is 2.25. The van der Waals surface area contributed by atoms with Gasteiger partial charge in [0.1, 0.15) is 17.9 Å². The van der Waals surface area contributed by atoms with Gasteiger partial charge in [-0.25, -0.2) is 9.37 Å². The minimum absolute atomic E-state index is 0.154. The maximum Gasteiger partial charge on any atom is 0.258 e. The molecule has 1 aromatic heterocycles. The third-order valence-corrected chi connectivity index (χ3v) is 6.39. The highest BCUT2D eigenvalue weighted by molar-refractivity contribution is 6.30. The zero-order chi connectivity index (χ0) is 25.7. The molecule has 0 saturated carbocycles. The first kappa shape index (κ1) is 25.3. The van der Waals surface area contributed by atoms with Crippen LogP contribution < -0.4 is 9.80 Å². The third kappa shape index (κ3) is 5.88. The number of nitrogens with zero attached hydrogens (tertiary/aromatic N) is 4.